The predicted octanol–water partition coefficient (Wildman–Crippen LogP) is 5.81. The highest BCUT2D eigenvalue weighted by Crippen LogP contribution is 2.25. The fourth-order valence-corrected chi connectivity index (χ4v) is 5.88. The minimum absolute atomic E-state index is 0.0179. The number of sulfonamides is 2. The number of hydrogen-bond donors (Lipinski definition) is 3. The highest BCUT2D eigenvalue weighted by atomic mass is 35.5. The first-order chi connectivity index (χ1) is 17.9. The summed E-state index contributed by atoms with van der Waals surface area (Å²) in [5, 5.41) is 2.76. The highest BCUT2D eigenvalue weighted by Gasteiger charge is 2.18. The first-order valence-electron chi connectivity index (χ1n) is 11.3. The third kappa shape index (κ3) is 6.34. The van der Waals surface area contributed by atoms with Crippen molar-refractivity contribution >= 4 is 54.6 Å². The van der Waals surface area contributed by atoms with Gasteiger partial charge in [-0.15, -0.1) is 0 Å². The van der Waals surface area contributed by atoms with Crippen molar-refractivity contribution in [3.63, 3.8) is 0 Å². The van der Waals surface area contributed by atoms with Crippen molar-refractivity contribution < 1.29 is 21.6 Å². The molecule has 0 saturated heterocycles. The molecule has 11 heteroatoms. The fourth-order valence-electron chi connectivity index (χ4n) is 3.50. The lowest BCUT2D eigenvalue weighted by molar-refractivity contribution is 0.102. The molecule has 0 spiro atoms. The molecule has 1 amide bonds. The van der Waals surface area contributed by atoms with Gasteiger partial charge >= 0.3 is 0 Å². The van der Waals surface area contributed by atoms with E-state index in [4.69, 9.17) is 11.6 Å². The maximum Gasteiger partial charge on any atom is 0.261 e. The first kappa shape index (κ1) is 27.2. The molecule has 0 unspecified atom stereocenters. The van der Waals surface area contributed by atoms with Crippen LogP contribution in [0.25, 0.3) is 0 Å². The van der Waals surface area contributed by atoms with Crippen molar-refractivity contribution in [1.29, 1.82) is 0 Å². The lowest BCUT2D eigenvalue weighted by Crippen LogP contribution is -2.16. The minimum Gasteiger partial charge on any atom is -0.322 e. The van der Waals surface area contributed by atoms with E-state index in [1.807, 2.05) is 13.0 Å². The summed E-state index contributed by atoms with van der Waals surface area (Å²) < 4.78 is 55.9. The molecule has 8 nitrogen and oxygen atoms in total. The van der Waals surface area contributed by atoms with Crippen molar-refractivity contribution in [1.82, 2.24) is 0 Å². The second-order valence-electron chi connectivity index (χ2n) is 8.51. The fraction of sp³-hybridized carbons (Fsp3) is 0.0741. The molecule has 4 aromatic carbocycles. The van der Waals surface area contributed by atoms with Crippen LogP contribution in [0.4, 0.5) is 17.1 Å². The molecule has 3 N–H and O–H groups in total. The van der Waals surface area contributed by atoms with Gasteiger partial charge in [-0.2, -0.15) is 0 Å². The quantitative estimate of drug-likeness (QED) is 0.247. The Morgan fingerprint density at radius 1 is 0.684 bits per heavy atom. The number of hydrogen-bond acceptors (Lipinski definition) is 5. The van der Waals surface area contributed by atoms with E-state index >= 15 is 0 Å². The van der Waals surface area contributed by atoms with E-state index in [2.05, 4.69) is 14.8 Å². The third-order valence-corrected chi connectivity index (χ3v) is 8.71. The van der Waals surface area contributed by atoms with Crippen LogP contribution in [-0.2, 0) is 20.0 Å². The van der Waals surface area contributed by atoms with Gasteiger partial charge in [0.25, 0.3) is 26.0 Å². The Morgan fingerprint density at radius 2 is 1.24 bits per heavy atom. The largest absolute Gasteiger partial charge is 0.322 e. The summed E-state index contributed by atoms with van der Waals surface area (Å²) in [5.74, 6) is -0.597. The number of carbonyl (C=O) groups excluding carboxylic acids is 1. The zero-order chi connectivity index (χ0) is 27.5. The molecular formula is C27H24ClN3O5S2. The summed E-state index contributed by atoms with van der Waals surface area (Å²) >= 11 is 6.21. The molecule has 0 atom stereocenters. The molecule has 196 valence electrons. The average molecular weight is 570 g/mol. The smallest absolute Gasteiger partial charge is 0.261 e. The Labute approximate surface area is 226 Å². The van der Waals surface area contributed by atoms with Crippen molar-refractivity contribution in [3.8, 4) is 0 Å². The van der Waals surface area contributed by atoms with E-state index in [-0.39, 0.29) is 26.1 Å². The number of carbonyl (C=O) groups is 1. The standard InChI is InChI=1S/C27H24ClN3O5S2/c1-18-7-12-22(13-8-18)37(33,34)30-21-11-16-25(28)24(17-21)27(32)29-20-9-14-23(15-10-20)38(35,36)31-26-6-4-3-5-19(26)2/h3-17,30-31H,1-2H3,(H,29,32). The molecule has 0 heterocycles. The molecule has 0 aromatic heterocycles. The Balaban J connectivity index is 1.49. The second kappa shape index (κ2) is 10.9. The number of rotatable bonds is 8. The van der Waals surface area contributed by atoms with Crippen LogP contribution in [0, 0.1) is 13.8 Å². The maximum atomic E-state index is 12.9. The summed E-state index contributed by atoms with van der Waals surface area (Å²) in [5.41, 5.74) is 2.68. The number of aryl methyl sites for hydroxylation is 2. The van der Waals surface area contributed by atoms with Crippen molar-refractivity contribution in [2.24, 2.45) is 0 Å². The second-order valence-corrected chi connectivity index (χ2v) is 12.3. The van der Waals surface area contributed by atoms with Crippen LogP contribution in [0.1, 0.15) is 21.5 Å². The molecule has 0 aliphatic rings. The molecule has 4 rings (SSSR count). The molecule has 0 aliphatic carbocycles. The Hall–Kier alpha value is -3.86. The molecular weight excluding hydrogens is 546 g/mol. The summed E-state index contributed by atoms with van der Waals surface area (Å²) in [6, 6.07) is 23.2. The summed E-state index contributed by atoms with van der Waals surface area (Å²) in [7, 11) is -7.71. The lowest BCUT2D eigenvalue weighted by Gasteiger charge is -2.12. The van der Waals surface area contributed by atoms with Gasteiger partial charge in [0.15, 0.2) is 0 Å². The Kier molecular flexibility index (Phi) is 7.77. The number of benzene rings is 4. The van der Waals surface area contributed by atoms with E-state index < -0.39 is 26.0 Å². The zero-order valence-electron chi connectivity index (χ0n) is 20.4. The molecule has 0 bridgehead atoms. The van der Waals surface area contributed by atoms with E-state index in [0.717, 1.165) is 11.1 Å². The SMILES string of the molecule is Cc1ccc(S(=O)(=O)Nc2ccc(Cl)c(C(=O)Nc3ccc(S(=O)(=O)Nc4ccccc4C)cc3)c2)cc1. The number of para-hydroxylation sites is 1. The van der Waals surface area contributed by atoms with E-state index in [0.29, 0.717) is 11.4 Å². The normalized spacial score (nSPS) is 11.6. The van der Waals surface area contributed by atoms with E-state index in [1.54, 1.807) is 37.3 Å². The van der Waals surface area contributed by atoms with Crippen LogP contribution in [0.5, 0.6) is 0 Å². The van der Waals surface area contributed by atoms with Gasteiger partial charge in [0.2, 0.25) is 0 Å². The van der Waals surface area contributed by atoms with Crippen LogP contribution < -0.4 is 14.8 Å². The lowest BCUT2D eigenvalue weighted by atomic mass is 10.2. The molecule has 0 radical (unpaired) electrons. The number of anilines is 3. The van der Waals surface area contributed by atoms with Crippen molar-refractivity contribution in [2.75, 3.05) is 14.8 Å². The molecule has 0 saturated carbocycles. The van der Waals surface area contributed by atoms with Gasteiger partial charge < -0.3 is 5.32 Å². The van der Waals surface area contributed by atoms with Crippen LogP contribution >= 0.6 is 11.6 Å². The minimum atomic E-state index is -3.88. The van der Waals surface area contributed by atoms with Gasteiger partial charge in [0, 0.05) is 11.4 Å². The Bertz CT molecular complexity index is 1700. The van der Waals surface area contributed by atoms with Gasteiger partial charge in [0.05, 0.1) is 26.1 Å². The highest BCUT2D eigenvalue weighted by molar-refractivity contribution is 7.93. The van der Waals surface area contributed by atoms with E-state index in [9.17, 15) is 21.6 Å². The predicted molar refractivity (Wildman–Crippen MR) is 150 cm³/mol. The van der Waals surface area contributed by atoms with Crippen molar-refractivity contribution in [2.45, 2.75) is 23.6 Å². The van der Waals surface area contributed by atoms with Crippen molar-refractivity contribution in [3.05, 3.63) is 113 Å². The molecule has 38 heavy (non-hydrogen) atoms. The summed E-state index contributed by atoms with van der Waals surface area (Å²) in [4.78, 5) is 13.0. The van der Waals surface area contributed by atoms with Gasteiger partial charge in [-0.1, -0.05) is 47.5 Å². The Morgan fingerprint density at radius 3 is 1.87 bits per heavy atom. The number of amides is 1. The zero-order valence-corrected chi connectivity index (χ0v) is 22.8. The van der Waals surface area contributed by atoms with Crippen LogP contribution in [0.15, 0.2) is 101 Å². The monoisotopic (exact) mass is 569 g/mol. The van der Waals surface area contributed by atoms with Crippen LogP contribution in [0.2, 0.25) is 5.02 Å². The van der Waals surface area contributed by atoms with Gasteiger partial charge in [-0.3, -0.25) is 14.2 Å². The van der Waals surface area contributed by atoms with Gasteiger partial charge in [-0.25, -0.2) is 16.8 Å². The topological polar surface area (TPSA) is 121 Å². The third-order valence-electron chi connectivity index (χ3n) is 5.61. The summed E-state index contributed by atoms with van der Waals surface area (Å²) in [6.45, 7) is 3.65. The van der Waals surface area contributed by atoms with Gasteiger partial charge in [0.1, 0.15) is 0 Å². The van der Waals surface area contributed by atoms with E-state index in [1.165, 1.54) is 54.6 Å². The number of nitrogens with one attached hydrogen (secondary N) is 3. The summed E-state index contributed by atoms with van der Waals surface area (Å²) in [6.07, 6.45) is 0. The molecule has 0 aliphatic heterocycles. The maximum absolute atomic E-state index is 12.9. The molecule has 0 fully saturated rings. The molecule has 4 aromatic rings. The average Bonchev–Trinajstić information content (AvgIpc) is 2.87. The number of halogens is 1. The van der Waals surface area contributed by atoms with Gasteiger partial charge in [-0.05, 0) is 80.1 Å². The first-order valence-corrected chi connectivity index (χ1v) is 14.7. The van der Waals surface area contributed by atoms with Crippen LogP contribution in [0.3, 0.4) is 0 Å². The van der Waals surface area contributed by atoms with Crippen LogP contribution in [-0.4, -0.2) is 22.7 Å².